The first-order chi connectivity index (χ1) is 15.9. The van der Waals surface area contributed by atoms with Crippen molar-refractivity contribution in [2.75, 3.05) is 19.0 Å². The average molecular weight is 466 g/mol. The summed E-state index contributed by atoms with van der Waals surface area (Å²) in [5.41, 5.74) is 3.30. The molecule has 7 nitrogen and oxygen atoms in total. The van der Waals surface area contributed by atoms with Crippen LogP contribution in [-0.4, -0.2) is 29.2 Å². The maximum Gasteiger partial charge on any atom is 0.279 e. The van der Waals surface area contributed by atoms with Crippen molar-refractivity contribution in [1.29, 1.82) is 0 Å². The first-order valence-corrected chi connectivity index (χ1v) is 11.8. The van der Waals surface area contributed by atoms with Crippen molar-refractivity contribution in [1.82, 2.24) is 9.55 Å². The molecule has 172 valence electrons. The molecule has 1 aliphatic heterocycles. The van der Waals surface area contributed by atoms with Gasteiger partial charge in [0.2, 0.25) is 5.91 Å². The van der Waals surface area contributed by atoms with E-state index in [2.05, 4.69) is 16.4 Å². The molecule has 0 saturated carbocycles. The van der Waals surface area contributed by atoms with Crippen LogP contribution in [0.2, 0.25) is 0 Å². The van der Waals surface area contributed by atoms with E-state index in [9.17, 15) is 9.59 Å². The highest BCUT2D eigenvalue weighted by Crippen LogP contribution is 2.39. The lowest BCUT2D eigenvalue weighted by Gasteiger charge is -2.28. The SMILES string of the molecule is CCOc1ccc([C@@H]2CC(=O)Nc3c2c(=O)nc(SCc2cccc(C)c2)n3C)cc1OC. The van der Waals surface area contributed by atoms with Gasteiger partial charge in [-0.25, -0.2) is 0 Å². The molecule has 1 N–H and O–H groups in total. The second-order valence-corrected chi connectivity index (χ2v) is 8.89. The van der Waals surface area contributed by atoms with Crippen LogP contribution in [0.4, 0.5) is 5.82 Å². The van der Waals surface area contributed by atoms with Gasteiger partial charge in [-0.3, -0.25) is 9.59 Å². The molecule has 0 fully saturated rings. The third-order valence-corrected chi connectivity index (χ3v) is 6.74. The Kier molecular flexibility index (Phi) is 6.74. The van der Waals surface area contributed by atoms with Crippen LogP contribution in [0.3, 0.4) is 0 Å². The number of benzene rings is 2. The topological polar surface area (TPSA) is 82.5 Å². The molecule has 0 radical (unpaired) electrons. The molecule has 2 aromatic carbocycles. The van der Waals surface area contributed by atoms with Crippen LogP contribution in [0.5, 0.6) is 11.5 Å². The third-order valence-electron chi connectivity index (χ3n) is 5.64. The molecule has 1 aliphatic rings. The van der Waals surface area contributed by atoms with Gasteiger partial charge in [0.15, 0.2) is 16.7 Å². The highest BCUT2D eigenvalue weighted by atomic mass is 32.2. The lowest BCUT2D eigenvalue weighted by molar-refractivity contribution is -0.116. The minimum Gasteiger partial charge on any atom is -0.493 e. The van der Waals surface area contributed by atoms with E-state index in [1.165, 1.54) is 17.3 Å². The summed E-state index contributed by atoms with van der Waals surface area (Å²) in [6.07, 6.45) is 0.164. The number of carbonyl (C=O) groups excluding carboxylic acids is 1. The van der Waals surface area contributed by atoms with Crippen molar-refractivity contribution < 1.29 is 14.3 Å². The molecular formula is C25H27N3O4S. The number of anilines is 1. The molecule has 1 amide bonds. The first kappa shape index (κ1) is 22.9. The van der Waals surface area contributed by atoms with Gasteiger partial charge in [0, 0.05) is 25.1 Å². The van der Waals surface area contributed by atoms with Gasteiger partial charge in [-0.1, -0.05) is 47.7 Å². The van der Waals surface area contributed by atoms with Crippen LogP contribution in [0, 0.1) is 6.92 Å². The Labute approximate surface area is 197 Å². The van der Waals surface area contributed by atoms with Gasteiger partial charge in [-0.2, -0.15) is 4.98 Å². The number of nitrogens with zero attached hydrogens (tertiary/aromatic N) is 2. The Morgan fingerprint density at radius 3 is 2.73 bits per heavy atom. The quantitative estimate of drug-likeness (QED) is 0.415. The number of methoxy groups -OCH3 is 1. The summed E-state index contributed by atoms with van der Waals surface area (Å²) in [4.78, 5) is 30.2. The Bertz CT molecular complexity index is 1250. The Morgan fingerprint density at radius 2 is 2.00 bits per heavy atom. The van der Waals surface area contributed by atoms with Gasteiger partial charge < -0.3 is 19.4 Å². The number of hydrogen-bond donors (Lipinski definition) is 1. The summed E-state index contributed by atoms with van der Waals surface area (Å²) in [7, 11) is 3.40. The summed E-state index contributed by atoms with van der Waals surface area (Å²) in [6, 6.07) is 13.7. The molecule has 1 aromatic heterocycles. The second-order valence-electron chi connectivity index (χ2n) is 7.95. The van der Waals surface area contributed by atoms with Crippen LogP contribution in [0.25, 0.3) is 0 Å². The fourth-order valence-corrected chi connectivity index (χ4v) is 4.98. The summed E-state index contributed by atoms with van der Waals surface area (Å²) in [6.45, 7) is 4.46. The monoisotopic (exact) mass is 465 g/mol. The number of fused-ring (bicyclic) bond motifs is 1. The van der Waals surface area contributed by atoms with E-state index >= 15 is 0 Å². The fraction of sp³-hybridized carbons (Fsp3) is 0.320. The maximum atomic E-state index is 13.2. The average Bonchev–Trinajstić information content (AvgIpc) is 2.80. The van der Waals surface area contributed by atoms with E-state index in [0.717, 1.165) is 11.1 Å². The fourth-order valence-electron chi connectivity index (χ4n) is 4.07. The molecule has 0 unspecified atom stereocenters. The van der Waals surface area contributed by atoms with Crippen LogP contribution < -0.4 is 20.3 Å². The summed E-state index contributed by atoms with van der Waals surface area (Å²) >= 11 is 1.47. The van der Waals surface area contributed by atoms with Crippen molar-refractivity contribution in [3.05, 3.63) is 75.1 Å². The number of aromatic nitrogens is 2. The number of carbonyl (C=O) groups is 1. The van der Waals surface area contributed by atoms with Crippen LogP contribution in [-0.2, 0) is 17.6 Å². The van der Waals surface area contributed by atoms with Gasteiger partial charge in [-0.15, -0.1) is 0 Å². The lowest BCUT2D eigenvalue weighted by Crippen LogP contribution is -2.33. The molecule has 2 heterocycles. The summed E-state index contributed by atoms with van der Waals surface area (Å²) in [5.74, 6) is 1.80. The normalized spacial score (nSPS) is 15.0. The highest BCUT2D eigenvalue weighted by molar-refractivity contribution is 7.98. The summed E-state index contributed by atoms with van der Waals surface area (Å²) < 4.78 is 12.9. The van der Waals surface area contributed by atoms with Crippen molar-refractivity contribution in [2.45, 2.75) is 37.1 Å². The number of hydrogen-bond acceptors (Lipinski definition) is 6. The maximum absolute atomic E-state index is 13.2. The molecule has 0 saturated heterocycles. The van der Waals surface area contributed by atoms with E-state index in [-0.39, 0.29) is 17.9 Å². The van der Waals surface area contributed by atoms with E-state index in [1.807, 2.05) is 57.3 Å². The molecule has 3 aromatic rings. The van der Waals surface area contributed by atoms with E-state index in [0.29, 0.717) is 40.4 Å². The largest absolute Gasteiger partial charge is 0.493 e. The molecule has 8 heteroatoms. The predicted octanol–water partition coefficient (Wildman–Crippen LogP) is 4.26. The van der Waals surface area contributed by atoms with E-state index in [4.69, 9.17) is 9.47 Å². The first-order valence-electron chi connectivity index (χ1n) is 10.8. The van der Waals surface area contributed by atoms with E-state index < -0.39 is 5.92 Å². The Balaban J connectivity index is 1.71. The minimum atomic E-state index is -0.416. The Morgan fingerprint density at radius 1 is 1.18 bits per heavy atom. The van der Waals surface area contributed by atoms with Gasteiger partial charge in [-0.05, 0) is 37.1 Å². The molecule has 0 aliphatic carbocycles. The summed E-state index contributed by atoms with van der Waals surface area (Å²) in [5, 5.41) is 3.45. The number of rotatable bonds is 7. The molecule has 4 rings (SSSR count). The Hall–Kier alpha value is -3.26. The zero-order valence-electron chi connectivity index (χ0n) is 19.2. The van der Waals surface area contributed by atoms with E-state index in [1.54, 1.807) is 11.7 Å². The standard InChI is InChI=1S/C25H27N3O4S/c1-5-32-19-10-9-17(12-20(19)31-4)18-13-21(29)26-23-22(18)24(30)27-25(28(23)3)33-14-16-8-6-7-15(2)11-16/h6-12,18H,5,13-14H2,1-4H3,(H,26,29)/t18-/m0/s1. The lowest BCUT2D eigenvalue weighted by atomic mass is 9.86. The van der Waals surface area contributed by atoms with Crippen molar-refractivity contribution in [2.24, 2.45) is 7.05 Å². The zero-order chi connectivity index (χ0) is 23.5. The zero-order valence-corrected chi connectivity index (χ0v) is 20.0. The number of nitrogens with one attached hydrogen (secondary N) is 1. The highest BCUT2D eigenvalue weighted by Gasteiger charge is 2.32. The van der Waals surface area contributed by atoms with Crippen LogP contribution >= 0.6 is 11.8 Å². The van der Waals surface area contributed by atoms with Crippen LogP contribution in [0.15, 0.2) is 52.4 Å². The molecular weight excluding hydrogens is 438 g/mol. The third kappa shape index (κ3) is 4.75. The number of ether oxygens (including phenoxy) is 2. The second kappa shape index (κ2) is 9.70. The molecule has 0 bridgehead atoms. The van der Waals surface area contributed by atoms with Crippen LogP contribution in [0.1, 0.15) is 41.5 Å². The molecule has 33 heavy (non-hydrogen) atoms. The molecule has 1 atom stereocenters. The number of thioether (sulfide) groups is 1. The van der Waals surface area contributed by atoms with Gasteiger partial charge >= 0.3 is 0 Å². The minimum absolute atomic E-state index is 0.142. The smallest absolute Gasteiger partial charge is 0.279 e. The van der Waals surface area contributed by atoms with Gasteiger partial charge in [0.05, 0.1) is 19.3 Å². The van der Waals surface area contributed by atoms with Gasteiger partial charge in [0.1, 0.15) is 5.82 Å². The van der Waals surface area contributed by atoms with Gasteiger partial charge in [0.25, 0.3) is 5.56 Å². The predicted molar refractivity (Wildman–Crippen MR) is 129 cm³/mol. The number of amides is 1. The molecule has 0 spiro atoms. The van der Waals surface area contributed by atoms with Crippen molar-refractivity contribution in [3.63, 3.8) is 0 Å². The number of aryl methyl sites for hydroxylation is 1. The van der Waals surface area contributed by atoms with Crippen molar-refractivity contribution >= 4 is 23.5 Å². The van der Waals surface area contributed by atoms with Crippen molar-refractivity contribution in [3.8, 4) is 11.5 Å².